The first-order valence-corrected chi connectivity index (χ1v) is 9.33. The first-order chi connectivity index (χ1) is 13.3. The third-order valence-electron chi connectivity index (χ3n) is 5.17. The van der Waals surface area contributed by atoms with Crippen LogP contribution < -0.4 is 10.9 Å². The Morgan fingerprint density at radius 1 is 1.21 bits per heavy atom. The predicted molar refractivity (Wildman–Crippen MR) is 105 cm³/mol. The van der Waals surface area contributed by atoms with Crippen LogP contribution in [0.3, 0.4) is 0 Å². The van der Waals surface area contributed by atoms with E-state index in [0.717, 1.165) is 29.8 Å². The molecule has 2 aromatic heterocycles. The van der Waals surface area contributed by atoms with Gasteiger partial charge in [-0.3, -0.25) is 9.59 Å². The maximum absolute atomic E-state index is 12.6. The molecule has 0 aliphatic heterocycles. The summed E-state index contributed by atoms with van der Waals surface area (Å²) in [5.41, 5.74) is 4.21. The van der Waals surface area contributed by atoms with Crippen LogP contribution in [0, 0.1) is 12.3 Å². The Hall–Kier alpha value is -3.22. The molecule has 0 spiro atoms. The highest BCUT2D eigenvalue weighted by atomic mass is 16.2. The number of fused-ring (bicyclic) bond motifs is 1. The van der Waals surface area contributed by atoms with Gasteiger partial charge in [-0.15, -0.1) is 0 Å². The molecule has 1 atom stereocenters. The van der Waals surface area contributed by atoms with Crippen molar-refractivity contribution in [2.45, 2.75) is 39.7 Å². The van der Waals surface area contributed by atoms with Crippen molar-refractivity contribution in [3.8, 4) is 5.69 Å². The van der Waals surface area contributed by atoms with Crippen molar-refractivity contribution >= 4 is 5.91 Å². The van der Waals surface area contributed by atoms with Crippen LogP contribution in [0.4, 0.5) is 0 Å². The lowest BCUT2D eigenvalue weighted by atomic mass is 9.74. The van der Waals surface area contributed by atoms with Crippen LogP contribution in [0.2, 0.25) is 0 Å². The summed E-state index contributed by atoms with van der Waals surface area (Å²) < 4.78 is 1.97. The van der Waals surface area contributed by atoms with E-state index in [-0.39, 0.29) is 28.6 Å². The van der Waals surface area contributed by atoms with E-state index in [2.05, 4.69) is 65.6 Å². The molecular weight excluding hydrogens is 354 g/mol. The molecule has 1 aliphatic rings. The number of hydrogen-bond donors (Lipinski definition) is 2. The molecule has 0 bridgehead atoms. The Labute approximate surface area is 162 Å². The Morgan fingerprint density at radius 3 is 2.64 bits per heavy atom. The number of carbonyl (C=O) groups is 1. The standard InChI is InChI=1S/C21H23N5O2/c1-13-4-6-14(7-5-13)26-18-11-21(2,3)10-17(15(18)12-22-26)23-20(28)16-8-9-19(27)25-24-16/h4-9,12,17H,10-11H2,1-3H3,(H,23,28)(H,25,27). The highest BCUT2D eigenvalue weighted by Gasteiger charge is 2.36. The van der Waals surface area contributed by atoms with Gasteiger partial charge in [0, 0.05) is 11.6 Å². The van der Waals surface area contributed by atoms with Gasteiger partial charge in [-0.05, 0) is 43.4 Å². The van der Waals surface area contributed by atoms with Gasteiger partial charge in [-0.1, -0.05) is 31.5 Å². The summed E-state index contributed by atoms with van der Waals surface area (Å²) in [5, 5.41) is 13.8. The van der Waals surface area contributed by atoms with Gasteiger partial charge in [0.15, 0.2) is 0 Å². The maximum atomic E-state index is 12.6. The molecule has 2 heterocycles. The lowest BCUT2D eigenvalue weighted by Crippen LogP contribution is -2.37. The van der Waals surface area contributed by atoms with Gasteiger partial charge < -0.3 is 5.32 Å². The summed E-state index contributed by atoms with van der Waals surface area (Å²) in [5.74, 6) is -0.312. The first-order valence-electron chi connectivity index (χ1n) is 9.33. The van der Waals surface area contributed by atoms with Crippen LogP contribution >= 0.6 is 0 Å². The summed E-state index contributed by atoms with van der Waals surface area (Å²) in [6.07, 6.45) is 3.52. The monoisotopic (exact) mass is 377 g/mol. The van der Waals surface area contributed by atoms with Crippen molar-refractivity contribution in [3.05, 3.63) is 75.5 Å². The lowest BCUT2D eigenvalue weighted by Gasteiger charge is -2.35. The number of amides is 1. The largest absolute Gasteiger partial charge is 0.344 e. The number of nitrogens with zero attached hydrogens (tertiary/aromatic N) is 3. The number of benzene rings is 1. The van der Waals surface area contributed by atoms with Gasteiger partial charge in [0.05, 0.1) is 23.6 Å². The minimum atomic E-state index is -0.336. The molecule has 2 N–H and O–H groups in total. The Kier molecular flexibility index (Phi) is 4.37. The normalized spacial score (nSPS) is 17.8. The third kappa shape index (κ3) is 3.47. The Morgan fingerprint density at radius 2 is 1.96 bits per heavy atom. The SMILES string of the molecule is Cc1ccc(-n2ncc3c2CC(C)(C)CC3NC(=O)c2ccc(=O)[nH]n2)cc1. The molecule has 0 saturated heterocycles. The molecular formula is C21H23N5O2. The van der Waals surface area contributed by atoms with E-state index in [0.29, 0.717) is 0 Å². The van der Waals surface area contributed by atoms with Gasteiger partial charge in [0.25, 0.3) is 11.5 Å². The molecule has 1 amide bonds. The molecule has 3 aromatic rings. The van der Waals surface area contributed by atoms with Crippen LogP contribution in [0.25, 0.3) is 5.69 Å². The number of aromatic nitrogens is 4. The van der Waals surface area contributed by atoms with Crippen LogP contribution in [0.15, 0.2) is 47.4 Å². The fraction of sp³-hybridized carbons (Fsp3) is 0.333. The molecule has 7 heteroatoms. The van der Waals surface area contributed by atoms with Crippen molar-refractivity contribution in [2.75, 3.05) is 0 Å². The number of aryl methyl sites for hydroxylation is 1. The average molecular weight is 377 g/mol. The van der Waals surface area contributed by atoms with Crippen LogP contribution in [-0.2, 0) is 6.42 Å². The molecule has 0 fully saturated rings. The second-order valence-electron chi connectivity index (χ2n) is 8.17. The molecule has 0 radical (unpaired) electrons. The van der Waals surface area contributed by atoms with Gasteiger partial charge >= 0.3 is 0 Å². The predicted octanol–water partition coefficient (Wildman–Crippen LogP) is 2.71. The van der Waals surface area contributed by atoms with Crippen LogP contribution in [0.1, 0.15) is 53.6 Å². The molecule has 7 nitrogen and oxygen atoms in total. The van der Waals surface area contributed by atoms with Crippen molar-refractivity contribution < 1.29 is 4.79 Å². The number of carbonyl (C=O) groups excluding carboxylic acids is 1. The van der Waals surface area contributed by atoms with Crippen molar-refractivity contribution in [1.29, 1.82) is 0 Å². The molecule has 1 aromatic carbocycles. The second-order valence-corrected chi connectivity index (χ2v) is 8.17. The molecule has 28 heavy (non-hydrogen) atoms. The van der Waals surface area contributed by atoms with Crippen molar-refractivity contribution in [3.63, 3.8) is 0 Å². The zero-order valence-electron chi connectivity index (χ0n) is 16.2. The van der Waals surface area contributed by atoms with E-state index in [1.165, 1.54) is 17.7 Å². The summed E-state index contributed by atoms with van der Waals surface area (Å²) in [7, 11) is 0. The first kappa shape index (κ1) is 18.2. The highest BCUT2D eigenvalue weighted by molar-refractivity contribution is 5.92. The smallest absolute Gasteiger partial charge is 0.272 e. The fourth-order valence-electron chi connectivity index (χ4n) is 3.78. The van der Waals surface area contributed by atoms with E-state index >= 15 is 0 Å². The maximum Gasteiger partial charge on any atom is 0.272 e. The van der Waals surface area contributed by atoms with Crippen LogP contribution in [0.5, 0.6) is 0 Å². The molecule has 0 saturated carbocycles. The summed E-state index contributed by atoms with van der Waals surface area (Å²) in [4.78, 5) is 23.8. The zero-order valence-corrected chi connectivity index (χ0v) is 16.2. The summed E-state index contributed by atoms with van der Waals surface area (Å²) >= 11 is 0. The number of aromatic amines is 1. The molecule has 4 rings (SSSR count). The Bertz CT molecular complexity index is 1060. The van der Waals surface area contributed by atoms with E-state index in [9.17, 15) is 9.59 Å². The summed E-state index contributed by atoms with van der Waals surface area (Å²) in [6.45, 7) is 6.45. The van der Waals surface area contributed by atoms with Gasteiger partial charge in [-0.25, -0.2) is 9.78 Å². The second kappa shape index (κ2) is 6.74. The molecule has 1 aliphatic carbocycles. The van der Waals surface area contributed by atoms with E-state index in [1.807, 2.05) is 10.9 Å². The topological polar surface area (TPSA) is 92.7 Å². The number of hydrogen-bond acceptors (Lipinski definition) is 4. The van der Waals surface area contributed by atoms with E-state index in [1.54, 1.807) is 0 Å². The van der Waals surface area contributed by atoms with E-state index < -0.39 is 0 Å². The minimum absolute atomic E-state index is 0.00581. The minimum Gasteiger partial charge on any atom is -0.344 e. The lowest BCUT2D eigenvalue weighted by molar-refractivity contribution is 0.0913. The quantitative estimate of drug-likeness (QED) is 0.734. The zero-order chi connectivity index (χ0) is 19.9. The highest BCUT2D eigenvalue weighted by Crippen LogP contribution is 2.41. The number of nitrogens with one attached hydrogen (secondary N) is 2. The van der Waals surface area contributed by atoms with E-state index in [4.69, 9.17) is 0 Å². The fourth-order valence-corrected chi connectivity index (χ4v) is 3.78. The number of H-pyrrole nitrogens is 1. The van der Waals surface area contributed by atoms with Crippen LogP contribution in [-0.4, -0.2) is 25.9 Å². The number of rotatable bonds is 3. The van der Waals surface area contributed by atoms with Gasteiger partial charge in [0.1, 0.15) is 5.69 Å². The summed E-state index contributed by atoms with van der Waals surface area (Å²) in [6, 6.07) is 10.8. The average Bonchev–Trinajstić information content (AvgIpc) is 3.05. The van der Waals surface area contributed by atoms with Crippen molar-refractivity contribution in [1.82, 2.24) is 25.3 Å². The van der Waals surface area contributed by atoms with Gasteiger partial charge in [-0.2, -0.15) is 10.2 Å². The van der Waals surface area contributed by atoms with Gasteiger partial charge in [0.2, 0.25) is 0 Å². The third-order valence-corrected chi connectivity index (χ3v) is 5.17. The Balaban J connectivity index is 1.67. The van der Waals surface area contributed by atoms with Crippen molar-refractivity contribution in [2.24, 2.45) is 5.41 Å². The molecule has 1 unspecified atom stereocenters. The molecule has 144 valence electrons.